The predicted octanol–water partition coefficient (Wildman–Crippen LogP) is 1.75. The fourth-order valence-electron chi connectivity index (χ4n) is 1.36. The molecule has 1 aromatic rings. The predicted molar refractivity (Wildman–Crippen MR) is 60.1 cm³/mol. The van der Waals surface area contributed by atoms with Crippen LogP contribution in [0.25, 0.3) is 0 Å². The second-order valence-electron chi connectivity index (χ2n) is 3.88. The molecule has 0 aliphatic rings. The van der Waals surface area contributed by atoms with Gasteiger partial charge in [0.15, 0.2) is 0 Å². The molecular formula is C12H15NO3. The first-order valence-electron chi connectivity index (χ1n) is 5.08. The topological polar surface area (TPSA) is 57.6 Å². The van der Waals surface area contributed by atoms with Crippen LogP contribution in [-0.2, 0) is 11.3 Å². The van der Waals surface area contributed by atoms with Gasteiger partial charge in [-0.05, 0) is 31.5 Å². The third-order valence-electron chi connectivity index (χ3n) is 2.34. The van der Waals surface area contributed by atoms with Crippen molar-refractivity contribution >= 4 is 12.4 Å². The fraction of sp³-hybridized carbons (Fsp3) is 0.333. The van der Waals surface area contributed by atoms with Crippen molar-refractivity contribution in [2.75, 3.05) is 0 Å². The van der Waals surface area contributed by atoms with E-state index in [9.17, 15) is 9.59 Å². The zero-order valence-corrected chi connectivity index (χ0v) is 9.38. The van der Waals surface area contributed by atoms with Crippen LogP contribution in [0.2, 0.25) is 0 Å². The lowest BCUT2D eigenvalue weighted by atomic mass is 10.1. The highest BCUT2D eigenvalue weighted by Gasteiger charge is 2.09. The zero-order chi connectivity index (χ0) is 12.1. The van der Waals surface area contributed by atoms with Gasteiger partial charge in [0.25, 0.3) is 0 Å². The summed E-state index contributed by atoms with van der Waals surface area (Å²) in [4.78, 5) is 23.2. The average molecular weight is 221 g/mol. The molecule has 0 unspecified atom stereocenters. The van der Waals surface area contributed by atoms with Gasteiger partial charge in [-0.1, -0.05) is 12.1 Å². The molecule has 1 rings (SSSR count). The van der Waals surface area contributed by atoms with Crippen LogP contribution in [0.15, 0.2) is 24.3 Å². The standard InChI is InChI=1S/C12H15NO3/c1-9(2)13(8-14)7-10-4-3-5-11(6-10)12(15)16/h3-6,8-9H,7H2,1-2H3,(H,15,16). The second kappa shape index (κ2) is 5.30. The summed E-state index contributed by atoms with van der Waals surface area (Å²) >= 11 is 0. The molecule has 86 valence electrons. The normalized spacial score (nSPS) is 10.2. The molecule has 0 atom stereocenters. The van der Waals surface area contributed by atoms with E-state index in [1.807, 2.05) is 19.9 Å². The second-order valence-corrected chi connectivity index (χ2v) is 3.88. The summed E-state index contributed by atoms with van der Waals surface area (Å²) in [6.07, 6.45) is 0.776. The van der Waals surface area contributed by atoms with Gasteiger partial charge in [-0.25, -0.2) is 4.79 Å². The molecule has 4 nitrogen and oxygen atoms in total. The van der Waals surface area contributed by atoms with Crippen molar-refractivity contribution in [3.8, 4) is 0 Å². The number of hydrogen-bond acceptors (Lipinski definition) is 2. The van der Waals surface area contributed by atoms with Crippen LogP contribution in [-0.4, -0.2) is 28.4 Å². The highest BCUT2D eigenvalue weighted by atomic mass is 16.4. The zero-order valence-electron chi connectivity index (χ0n) is 9.38. The Hall–Kier alpha value is -1.84. The van der Waals surface area contributed by atoms with Crippen molar-refractivity contribution in [2.24, 2.45) is 0 Å². The molecule has 0 radical (unpaired) electrons. The van der Waals surface area contributed by atoms with Crippen molar-refractivity contribution in [2.45, 2.75) is 26.4 Å². The van der Waals surface area contributed by atoms with Crippen LogP contribution < -0.4 is 0 Å². The van der Waals surface area contributed by atoms with E-state index < -0.39 is 5.97 Å². The molecule has 0 spiro atoms. The van der Waals surface area contributed by atoms with Gasteiger partial charge in [-0.15, -0.1) is 0 Å². The fourth-order valence-corrected chi connectivity index (χ4v) is 1.36. The van der Waals surface area contributed by atoms with E-state index in [4.69, 9.17) is 5.11 Å². The minimum absolute atomic E-state index is 0.103. The van der Waals surface area contributed by atoms with E-state index in [1.54, 1.807) is 17.0 Å². The van der Waals surface area contributed by atoms with E-state index in [2.05, 4.69) is 0 Å². The largest absolute Gasteiger partial charge is 0.478 e. The quantitative estimate of drug-likeness (QED) is 0.770. The monoisotopic (exact) mass is 221 g/mol. The first-order valence-corrected chi connectivity index (χ1v) is 5.08. The van der Waals surface area contributed by atoms with Crippen molar-refractivity contribution in [3.05, 3.63) is 35.4 Å². The van der Waals surface area contributed by atoms with Crippen molar-refractivity contribution in [1.29, 1.82) is 0 Å². The number of nitrogens with zero attached hydrogens (tertiary/aromatic N) is 1. The molecule has 0 aromatic heterocycles. The Balaban J connectivity index is 2.84. The summed E-state index contributed by atoms with van der Waals surface area (Å²) in [5.41, 5.74) is 1.06. The molecule has 0 saturated heterocycles. The molecule has 1 aromatic carbocycles. The number of carbonyl (C=O) groups is 2. The van der Waals surface area contributed by atoms with Gasteiger partial charge in [-0.3, -0.25) is 4.79 Å². The molecule has 0 bridgehead atoms. The van der Waals surface area contributed by atoms with Crippen LogP contribution in [0, 0.1) is 0 Å². The lowest BCUT2D eigenvalue weighted by Crippen LogP contribution is -2.28. The number of hydrogen-bond donors (Lipinski definition) is 1. The molecule has 0 aliphatic carbocycles. The Bertz CT molecular complexity index is 388. The molecule has 1 N–H and O–H groups in total. The van der Waals surface area contributed by atoms with E-state index in [0.717, 1.165) is 12.0 Å². The molecule has 4 heteroatoms. The molecule has 0 saturated carbocycles. The van der Waals surface area contributed by atoms with Gasteiger partial charge in [0.1, 0.15) is 0 Å². The van der Waals surface area contributed by atoms with Gasteiger partial charge in [-0.2, -0.15) is 0 Å². The van der Waals surface area contributed by atoms with Gasteiger partial charge >= 0.3 is 5.97 Å². The summed E-state index contributed by atoms with van der Waals surface area (Å²) in [5, 5.41) is 8.83. The smallest absolute Gasteiger partial charge is 0.335 e. The molecular weight excluding hydrogens is 206 g/mol. The van der Waals surface area contributed by atoms with Crippen molar-refractivity contribution < 1.29 is 14.7 Å². The van der Waals surface area contributed by atoms with Gasteiger partial charge in [0.2, 0.25) is 6.41 Å². The Morgan fingerprint density at radius 3 is 2.69 bits per heavy atom. The van der Waals surface area contributed by atoms with Crippen LogP contribution in [0.3, 0.4) is 0 Å². The summed E-state index contributed by atoms with van der Waals surface area (Å²) in [5.74, 6) is -0.955. The summed E-state index contributed by atoms with van der Waals surface area (Å²) in [6.45, 7) is 4.26. The van der Waals surface area contributed by atoms with Crippen LogP contribution >= 0.6 is 0 Å². The van der Waals surface area contributed by atoms with E-state index >= 15 is 0 Å². The van der Waals surface area contributed by atoms with Gasteiger partial charge in [0, 0.05) is 12.6 Å². The average Bonchev–Trinajstić information content (AvgIpc) is 2.25. The summed E-state index contributed by atoms with van der Waals surface area (Å²) < 4.78 is 0. The Morgan fingerprint density at radius 1 is 1.50 bits per heavy atom. The Morgan fingerprint density at radius 2 is 2.19 bits per heavy atom. The van der Waals surface area contributed by atoms with Crippen LogP contribution in [0.1, 0.15) is 29.8 Å². The lowest BCUT2D eigenvalue weighted by molar-refractivity contribution is -0.120. The molecule has 0 heterocycles. The highest BCUT2D eigenvalue weighted by molar-refractivity contribution is 5.87. The lowest BCUT2D eigenvalue weighted by Gasteiger charge is -2.21. The number of aromatic carboxylic acids is 1. The number of benzene rings is 1. The molecule has 0 fully saturated rings. The summed E-state index contributed by atoms with van der Waals surface area (Å²) in [7, 11) is 0. The van der Waals surface area contributed by atoms with Crippen molar-refractivity contribution in [3.63, 3.8) is 0 Å². The third-order valence-corrected chi connectivity index (χ3v) is 2.34. The van der Waals surface area contributed by atoms with E-state index in [1.165, 1.54) is 6.07 Å². The van der Waals surface area contributed by atoms with Crippen molar-refractivity contribution in [1.82, 2.24) is 4.90 Å². The number of carboxylic acids is 1. The number of carboxylic acid groups (broad SMARTS) is 1. The molecule has 1 amide bonds. The van der Waals surface area contributed by atoms with E-state index in [0.29, 0.717) is 6.54 Å². The number of carbonyl (C=O) groups excluding carboxylic acids is 1. The Labute approximate surface area is 94.5 Å². The maximum Gasteiger partial charge on any atom is 0.335 e. The molecule has 0 aliphatic heterocycles. The third kappa shape index (κ3) is 3.08. The van der Waals surface area contributed by atoms with Crippen LogP contribution in [0.5, 0.6) is 0 Å². The number of rotatable bonds is 5. The highest BCUT2D eigenvalue weighted by Crippen LogP contribution is 2.09. The Kier molecular flexibility index (Phi) is 4.05. The molecule has 16 heavy (non-hydrogen) atoms. The van der Waals surface area contributed by atoms with Crippen LogP contribution in [0.4, 0.5) is 0 Å². The maximum absolute atomic E-state index is 10.8. The first-order chi connectivity index (χ1) is 7.54. The first kappa shape index (κ1) is 12.2. The van der Waals surface area contributed by atoms with E-state index in [-0.39, 0.29) is 11.6 Å². The minimum atomic E-state index is -0.955. The number of amides is 1. The summed E-state index contributed by atoms with van der Waals surface area (Å²) in [6, 6.07) is 6.71. The SMILES string of the molecule is CC(C)N(C=O)Cc1cccc(C(=O)O)c1. The van der Waals surface area contributed by atoms with Gasteiger partial charge < -0.3 is 10.0 Å². The maximum atomic E-state index is 10.8. The van der Waals surface area contributed by atoms with Gasteiger partial charge in [0.05, 0.1) is 5.56 Å². The minimum Gasteiger partial charge on any atom is -0.478 e.